The molecule has 0 aliphatic heterocycles. The molecule has 0 radical (unpaired) electrons. The Bertz CT molecular complexity index is 298. The molecule has 1 rings (SSSR count). The highest BCUT2D eigenvalue weighted by atomic mass is 19.1. The highest BCUT2D eigenvalue weighted by Gasteiger charge is 2.06. The molecule has 1 aromatic carbocycles. The highest BCUT2D eigenvalue weighted by molar-refractivity contribution is 5.19. The molecule has 0 aliphatic rings. The second-order valence-electron chi connectivity index (χ2n) is 3.43. The predicted molar refractivity (Wildman–Crippen MR) is 59.2 cm³/mol. The van der Waals surface area contributed by atoms with E-state index in [1.807, 2.05) is 6.92 Å². The van der Waals surface area contributed by atoms with E-state index in [4.69, 9.17) is 4.74 Å². The number of nitrogens with one attached hydrogen (secondary N) is 1. The van der Waals surface area contributed by atoms with Gasteiger partial charge in [-0.3, -0.25) is 0 Å². The summed E-state index contributed by atoms with van der Waals surface area (Å²) in [6, 6.07) is 3.89. The van der Waals surface area contributed by atoms with E-state index in [9.17, 15) is 8.78 Å². The van der Waals surface area contributed by atoms with Crippen LogP contribution >= 0.6 is 0 Å². The molecular weight excluding hydrogens is 212 g/mol. The summed E-state index contributed by atoms with van der Waals surface area (Å²) in [5.41, 5.74) is 0.0962. The first kappa shape index (κ1) is 13.1. The van der Waals surface area contributed by atoms with E-state index in [2.05, 4.69) is 5.32 Å². The Morgan fingerprint density at radius 2 is 1.94 bits per heavy atom. The third-order valence-electron chi connectivity index (χ3n) is 2.21. The number of halogens is 2. The molecular formula is C12H17F2NO. The van der Waals surface area contributed by atoms with Crippen molar-refractivity contribution in [1.29, 1.82) is 0 Å². The smallest absolute Gasteiger partial charge is 0.130 e. The van der Waals surface area contributed by atoms with Crippen molar-refractivity contribution in [2.45, 2.75) is 19.9 Å². The largest absolute Gasteiger partial charge is 0.382 e. The summed E-state index contributed by atoms with van der Waals surface area (Å²) in [4.78, 5) is 0. The summed E-state index contributed by atoms with van der Waals surface area (Å²) in [7, 11) is 0. The number of ether oxygens (including phenoxy) is 1. The SMILES string of the molecule is CCOCCCNCc1c(F)cccc1F. The van der Waals surface area contributed by atoms with Gasteiger partial charge in [0.15, 0.2) is 0 Å². The van der Waals surface area contributed by atoms with Crippen LogP contribution < -0.4 is 5.32 Å². The van der Waals surface area contributed by atoms with Gasteiger partial charge in [0, 0.05) is 25.3 Å². The van der Waals surface area contributed by atoms with E-state index < -0.39 is 11.6 Å². The van der Waals surface area contributed by atoms with Crippen LogP contribution in [-0.2, 0) is 11.3 Å². The molecule has 0 saturated heterocycles. The first-order valence-electron chi connectivity index (χ1n) is 5.47. The van der Waals surface area contributed by atoms with Crippen LogP contribution in [0, 0.1) is 11.6 Å². The zero-order valence-corrected chi connectivity index (χ0v) is 9.43. The summed E-state index contributed by atoms with van der Waals surface area (Å²) in [6.07, 6.45) is 0.837. The number of rotatable bonds is 7. The Kier molecular flexibility index (Phi) is 5.96. The minimum atomic E-state index is -0.502. The Morgan fingerprint density at radius 3 is 2.56 bits per heavy atom. The van der Waals surface area contributed by atoms with Gasteiger partial charge in [0.1, 0.15) is 11.6 Å². The van der Waals surface area contributed by atoms with Gasteiger partial charge in [0.2, 0.25) is 0 Å². The molecule has 0 bridgehead atoms. The number of hydrogen-bond donors (Lipinski definition) is 1. The Balaban J connectivity index is 2.26. The second-order valence-corrected chi connectivity index (χ2v) is 3.43. The summed E-state index contributed by atoms with van der Waals surface area (Å²) in [5.74, 6) is -1.00. The van der Waals surface area contributed by atoms with Gasteiger partial charge in [0.05, 0.1) is 0 Å². The van der Waals surface area contributed by atoms with Crippen molar-refractivity contribution in [2.75, 3.05) is 19.8 Å². The average Bonchev–Trinajstić information content (AvgIpc) is 2.26. The van der Waals surface area contributed by atoms with Crippen LogP contribution in [0.25, 0.3) is 0 Å². The average molecular weight is 229 g/mol. The fourth-order valence-electron chi connectivity index (χ4n) is 1.36. The number of hydrogen-bond acceptors (Lipinski definition) is 2. The van der Waals surface area contributed by atoms with Gasteiger partial charge in [-0.15, -0.1) is 0 Å². The van der Waals surface area contributed by atoms with Gasteiger partial charge < -0.3 is 10.1 Å². The van der Waals surface area contributed by atoms with Gasteiger partial charge in [-0.1, -0.05) is 6.07 Å². The maximum atomic E-state index is 13.2. The lowest BCUT2D eigenvalue weighted by molar-refractivity contribution is 0.144. The first-order valence-corrected chi connectivity index (χ1v) is 5.47. The van der Waals surface area contributed by atoms with Crippen molar-refractivity contribution < 1.29 is 13.5 Å². The zero-order chi connectivity index (χ0) is 11.8. The molecule has 2 nitrogen and oxygen atoms in total. The van der Waals surface area contributed by atoms with Crippen LogP contribution in [0.5, 0.6) is 0 Å². The van der Waals surface area contributed by atoms with Gasteiger partial charge in [0.25, 0.3) is 0 Å². The Hall–Kier alpha value is -1.00. The van der Waals surface area contributed by atoms with Crippen LogP contribution in [0.2, 0.25) is 0 Å². The normalized spacial score (nSPS) is 10.7. The van der Waals surface area contributed by atoms with Crippen LogP contribution in [0.1, 0.15) is 18.9 Å². The summed E-state index contributed by atoms with van der Waals surface area (Å²) < 4.78 is 31.5. The molecule has 0 spiro atoms. The van der Waals surface area contributed by atoms with Crippen molar-refractivity contribution in [3.05, 3.63) is 35.4 Å². The third kappa shape index (κ3) is 4.24. The van der Waals surface area contributed by atoms with Gasteiger partial charge >= 0.3 is 0 Å². The summed E-state index contributed by atoms with van der Waals surface area (Å²) in [6.45, 7) is 4.20. The van der Waals surface area contributed by atoms with Crippen LogP contribution in [-0.4, -0.2) is 19.8 Å². The lowest BCUT2D eigenvalue weighted by Gasteiger charge is -2.07. The van der Waals surface area contributed by atoms with E-state index in [1.165, 1.54) is 18.2 Å². The van der Waals surface area contributed by atoms with Gasteiger partial charge in [-0.25, -0.2) is 8.78 Å². The number of benzene rings is 1. The molecule has 16 heavy (non-hydrogen) atoms. The molecule has 0 unspecified atom stereocenters. The standard InChI is InChI=1S/C12H17F2NO/c1-2-16-8-4-7-15-9-10-11(13)5-3-6-12(10)14/h3,5-6,15H,2,4,7-9H2,1H3. The molecule has 1 aromatic rings. The topological polar surface area (TPSA) is 21.3 Å². The van der Waals surface area contributed by atoms with Crippen LogP contribution in [0.3, 0.4) is 0 Å². The zero-order valence-electron chi connectivity index (χ0n) is 9.43. The molecule has 0 fully saturated rings. The Labute approximate surface area is 94.6 Å². The summed E-state index contributed by atoms with van der Waals surface area (Å²) >= 11 is 0. The lowest BCUT2D eigenvalue weighted by atomic mass is 10.2. The summed E-state index contributed by atoms with van der Waals surface area (Å²) in [5, 5.41) is 2.98. The fourth-order valence-corrected chi connectivity index (χ4v) is 1.36. The van der Waals surface area contributed by atoms with Crippen molar-refractivity contribution in [3.63, 3.8) is 0 Å². The van der Waals surface area contributed by atoms with Crippen molar-refractivity contribution in [3.8, 4) is 0 Å². The minimum absolute atomic E-state index is 0.0962. The highest BCUT2D eigenvalue weighted by Crippen LogP contribution is 2.11. The van der Waals surface area contributed by atoms with E-state index in [-0.39, 0.29) is 12.1 Å². The van der Waals surface area contributed by atoms with Crippen LogP contribution in [0.4, 0.5) is 8.78 Å². The minimum Gasteiger partial charge on any atom is -0.382 e. The molecule has 0 heterocycles. The molecule has 0 aliphatic carbocycles. The van der Waals surface area contributed by atoms with Gasteiger partial charge in [-0.05, 0) is 32.0 Å². The second kappa shape index (κ2) is 7.30. The van der Waals surface area contributed by atoms with Crippen molar-refractivity contribution in [1.82, 2.24) is 5.32 Å². The maximum Gasteiger partial charge on any atom is 0.130 e. The van der Waals surface area contributed by atoms with E-state index in [1.54, 1.807) is 0 Å². The lowest BCUT2D eigenvalue weighted by Crippen LogP contribution is -2.18. The monoisotopic (exact) mass is 229 g/mol. The first-order chi connectivity index (χ1) is 7.75. The van der Waals surface area contributed by atoms with E-state index in [0.29, 0.717) is 19.8 Å². The van der Waals surface area contributed by atoms with Crippen LogP contribution in [0.15, 0.2) is 18.2 Å². The molecule has 1 N–H and O–H groups in total. The maximum absolute atomic E-state index is 13.2. The third-order valence-corrected chi connectivity index (χ3v) is 2.21. The molecule has 4 heteroatoms. The quantitative estimate of drug-likeness (QED) is 0.725. The molecule has 90 valence electrons. The van der Waals surface area contributed by atoms with Crippen molar-refractivity contribution in [2.24, 2.45) is 0 Å². The molecule has 0 amide bonds. The molecule has 0 aromatic heterocycles. The molecule has 0 atom stereocenters. The Morgan fingerprint density at radius 1 is 1.25 bits per heavy atom. The van der Waals surface area contributed by atoms with Gasteiger partial charge in [-0.2, -0.15) is 0 Å². The predicted octanol–water partition coefficient (Wildman–Crippen LogP) is 2.48. The van der Waals surface area contributed by atoms with E-state index >= 15 is 0 Å². The van der Waals surface area contributed by atoms with Crippen molar-refractivity contribution >= 4 is 0 Å². The molecule has 0 saturated carbocycles. The fraction of sp³-hybridized carbons (Fsp3) is 0.500. The van der Waals surface area contributed by atoms with E-state index in [0.717, 1.165) is 6.42 Å².